The van der Waals surface area contributed by atoms with Crippen LogP contribution in [0.5, 0.6) is 0 Å². The lowest BCUT2D eigenvalue weighted by atomic mass is 10.1. The van der Waals surface area contributed by atoms with Crippen LogP contribution in [0.2, 0.25) is 0 Å². The molecule has 2 aromatic rings. The maximum atomic E-state index is 13.4. The van der Waals surface area contributed by atoms with Gasteiger partial charge in [-0.05, 0) is 35.9 Å². The van der Waals surface area contributed by atoms with E-state index in [0.29, 0.717) is 5.69 Å². The Labute approximate surface area is 132 Å². The van der Waals surface area contributed by atoms with Crippen molar-refractivity contribution in [2.75, 3.05) is 5.32 Å². The van der Waals surface area contributed by atoms with Crippen molar-refractivity contribution in [2.24, 2.45) is 10.7 Å². The van der Waals surface area contributed by atoms with E-state index in [9.17, 15) is 13.6 Å². The first-order chi connectivity index (χ1) is 11.0. The molecule has 6 heteroatoms. The topological polar surface area (TPSA) is 67.5 Å². The zero-order valence-corrected chi connectivity index (χ0v) is 12.2. The number of nitrogens with zero attached hydrogens (tertiary/aromatic N) is 1. The predicted octanol–water partition coefficient (Wildman–Crippen LogP) is 3.02. The Morgan fingerprint density at radius 3 is 2.70 bits per heavy atom. The van der Waals surface area contributed by atoms with Crippen molar-refractivity contribution >= 4 is 17.4 Å². The molecule has 0 saturated heterocycles. The monoisotopic (exact) mass is 315 g/mol. The van der Waals surface area contributed by atoms with E-state index in [1.807, 2.05) is 0 Å². The number of amidine groups is 1. The fourth-order valence-corrected chi connectivity index (χ4v) is 1.83. The number of hydrogen-bond donors (Lipinski definition) is 2. The Morgan fingerprint density at radius 1 is 1.17 bits per heavy atom. The summed E-state index contributed by atoms with van der Waals surface area (Å²) in [5.74, 6) is -1.42. The van der Waals surface area contributed by atoms with Crippen molar-refractivity contribution in [3.8, 4) is 0 Å². The Bertz CT molecular complexity index is 757. The van der Waals surface area contributed by atoms with E-state index in [-0.39, 0.29) is 23.6 Å². The van der Waals surface area contributed by atoms with Gasteiger partial charge in [-0.15, -0.1) is 0 Å². The second-order valence-electron chi connectivity index (χ2n) is 4.69. The molecular formula is C17H15F2N3O. The van der Waals surface area contributed by atoms with Crippen LogP contribution >= 0.6 is 0 Å². The summed E-state index contributed by atoms with van der Waals surface area (Å²) in [5, 5.41) is 2.80. The highest BCUT2D eigenvalue weighted by atomic mass is 19.1. The van der Waals surface area contributed by atoms with Gasteiger partial charge in [-0.2, -0.15) is 4.99 Å². The highest BCUT2D eigenvalue weighted by Gasteiger charge is 2.06. The number of amides is 1. The Kier molecular flexibility index (Phi) is 5.57. The number of anilines is 1. The van der Waals surface area contributed by atoms with E-state index < -0.39 is 11.7 Å². The smallest absolute Gasteiger partial charge is 0.252 e. The first-order valence-electron chi connectivity index (χ1n) is 6.83. The molecule has 23 heavy (non-hydrogen) atoms. The minimum absolute atomic E-state index is 0.0322. The summed E-state index contributed by atoms with van der Waals surface area (Å²) < 4.78 is 26.4. The van der Waals surface area contributed by atoms with Gasteiger partial charge in [0.05, 0.1) is 6.42 Å². The first kappa shape index (κ1) is 16.4. The fourth-order valence-electron chi connectivity index (χ4n) is 1.83. The first-order valence-corrected chi connectivity index (χ1v) is 6.83. The molecule has 0 fully saturated rings. The highest BCUT2D eigenvalue weighted by Crippen LogP contribution is 2.09. The van der Waals surface area contributed by atoms with Crippen LogP contribution in [0.15, 0.2) is 65.8 Å². The summed E-state index contributed by atoms with van der Waals surface area (Å²) in [7, 11) is 0. The Hall–Kier alpha value is -3.02. The van der Waals surface area contributed by atoms with Gasteiger partial charge < -0.3 is 11.1 Å². The van der Waals surface area contributed by atoms with Crippen LogP contribution in [0.1, 0.15) is 5.56 Å². The number of rotatable bonds is 5. The molecule has 1 amide bonds. The van der Waals surface area contributed by atoms with E-state index in [1.54, 1.807) is 24.3 Å². The quantitative estimate of drug-likeness (QED) is 0.658. The van der Waals surface area contributed by atoms with Crippen molar-refractivity contribution in [3.05, 3.63) is 78.0 Å². The van der Waals surface area contributed by atoms with E-state index in [4.69, 9.17) is 5.73 Å². The average Bonchev–Trinajstić information content (AvgIpc) is 2.49. The van der Waals surface area contributed by atoms with Gasteiger partial charge in [-0.25, -0.2) is 8.78 Å². The normalized spacial score (nSPS) is 11.7. The summed E-state index contributed by atoms with van der Waals surface area (Å²) in [6.07, 6.45) is 2.63. The molecule has 4 nitrogen and oxygen atoms in total. The second kappa shape index (κ2) is 7.84. The van der Waals surface area contributed by atoms with Crippen LogP contribution in [0, 0.1) is 11.6 Å². The molecule has 3 N–H and O–H groups in total. The fraction of sp³-hybridized carbons (Fsp3) is 0.0588. The number of nitrogens with two attached hydrogens (primary N) is 1. The maximum absolute atomic E-state index is 13.4. The number of carbonyl (C=O) groups excluding carboxylic acids is 1. The standard InChI is InChI=1S/C17H15F2N3O/c18-13-5-3-6-14(11-13)21-9-8-16(20)22-17(23)10-12-4-1-2-7-15(12)19/h1-9,11,21H,10H2,(H2,20,22,23)/b9-8-. The van der Waals surface area contributed by atoms with Gasteiger partial charge in [0, 0.05) is 11.9 Å². The molecule has 0 aliphatic carbocycles. The van der Waals surface area contributed by atoms with E-state index in [2.05, 4.69) is 10.3 Å². The molecular weight excluding hydrogens is 300 g/mol. The summed E-state index contributed by atoms with van der Waals surface area (Å²) in [6.45, 7) is 0. The van der Waals surface area contributed by atoms with Gasteiger partial charge in [-0.1, -0.05) is 24.3 Å². The lowest BCUT2D eigenvalue weighted by Crippen LogP contribution is -2.13. The molecule has 2 rings (SSSR count). The minimum Gasteiger partial charge on any atom is -0.384 e. The molecule has 0 unspecified atom stereocenters. The van der Waals surface area contributed by atoms with Crippen molar-refractivity contribution in [1.29, 1.82) is 0 Å². The third-order valence-electron chi connectivity index (χ3n) is 2.88. The Balaban J connectivity index is 1.92. The zero-order chi connectivity index (χ0) is 16.7. The van der Waals surface area contributed by atoms with E-state index in [0.717, 1.165) is 0 Å². The van der Waals surface area contributed by atoms with Crippen LogP contribution < -0.4 is 11.1 Å². The van der Waals surface area contributed by atoms with Gasteiger partial charge in [0.1, 0.15) is 17.5 Å². The molecule has 0 aliphatic rings. The third kappa shape index (κ3) is 5.35. The molecule has 0 bridgehead atoms. The van der Waals surface area contributed by atoms with Crippen LogP contribution in [0.4, 0.5) is 14.5 Å². The summed E-state index contributed by atoms with van der Waals surface area (Å²) >= 11 is 0. The molecule has 0 saturated carbocycles. The predicted molar refractivity (Wildman–Crippen MR) is 85.9 cm³/mol. The molecule has 0 aliphatic heterocycles. The third-order valence-corrected chi connectivity index (χ3v) is 2.88. The second-order valence-corrected chi connectivity index (χ2v) is 4.69. The number of halogens is 2. The number of benzene rings is 2. The largest absolute Gasteiger partial charge is 0.384 e. The van der Waals surface area contributed by atoms with Gasteiger partial charge in [0.15, 0.2) is 0 Å². The maximum Gasteiger partial charge on any atom is 0.252 e. The summed E-state index contributed by atoms with van der Waals surface area (Å²) in [6, 6.07) is 11.8. The SMILES string of the molecule is NC(/C=C\Nc1cccc(F)c1)=NC(=O)Cc1ccccc1F. The zero-order valence-electron chi connectivity index (χ0n) is 12.2. The highest BCUT2D eigenvalue weighted by molar-refractivity contribution is 6.00. The van der Waals surface area contributed by atoms with Crippen molar-refractivity contribution in [2.45, 2.75) is 6.42 Å². The van der Waals surface area contributed by atoms with E-state index in [1.165, 1.54) is 36.5 Å². The molecule has 0 aromatic heterocycles. The molecule has 0 heterocycles. The van der Waals surface area contributed by atoms with Gasteiger partial charge in [0.25, 0.3) is 5.91 Å². The van der Waals surface area contributed by atoms with Crippen LogP contribution in [-0.4, -0.2) is 11.7 Å². The average molecular weight is 315 g/mol. The van der Waals surface area contributed by atoms with Gasteiger partial charge in [0.2, 0.25) is 0 Å². The van der Waals surface area contributed by atoms with E-state index >= 15 is 0 Å². The summed E-state index contributed by atoms with van der Waals surface area (Å²) in [5.41, 5.74) is 6.39. The van der Waals surface area contributed by atoms with Crippen LogP contribution in [0.3, 0.4) is 0 Å². The number of carbonyl (C=O) groups is 1. The molecule has 0 radical (unpaired) electrons. The number of hydrogen-bond acceptors (Lipinski definition) is 2. The van der Waals surface area contributed by atoms with Crippen LogP contribution in [0.25, 0.3) is 0 Å². The van der Waals surface area contributed by atoms with Crippen LogP contribution in [-0.2, 0) is 11.2 Å². The van der Waals surface area contributed by atoms with Crippen molar-refractivity contribution < 1.29 is 13.6 Å². The molecule has 0 spiro atoms. The van der Waals surface area contributed by atoms with Crippen molar-refractivity contribution in [3.63, 3.8) is 0 Å². The molecule has 2 aromatic carbocycles. The van der Waals surface area contributed by atoms with Gasteiger partial charge in [-0.3, -0.25) is 4.79 Å². The van der Waals surface area contributed by atoms with Crippen molar-refractivity contribution in [1.82, 2.24) is 0 Å². The summed E-state index contributed by atoms with van der Waals surface area (Å²) in [4.78, 5) is 15.4. The Morgan fingerprint density at radius 2 is 1.96 bits per heavy atom. The molecule has 118 valence electrons. The number of aliphatic imine (C=N–C) groups is 1. The molecule has 0 atom stereocenters. The minimum atomic E-state index is -0.553. The van der Waals surface area contributed by atoms with Gasteiger partial charge >= 0.3 is 0 Å². The number of nitrogens with one attached hydrogen (secondary N) is 1. The lowest BCUT2D eigenvalue weighted by Gasteiger charge is -2.01. The lowest BCUT2D eigenvalue weighted by molar-refractivity contribution is -0.117.